The summed E-state index contributed by atoms with van der Waals surface area (Å²) in [6.07, 6.45) is 7.99. The SMILES string of the molecule is O=C(O)CCC1CCN(C(=O)NCCCn2ccnc2)C1. The van der Waals surface area contributed by atoms with E-state index in [1.54, 1.807) is 17.4 Å². The first-order valence-corrected chi connectivity index (χ1v) is 7.35. The molecular formula is C14H22N4O3. The minimum absolute atomic E-state index is 0.0431. The smallest absolute Gasteiger partial charge is 0.317 e. The molecule has 2 heterocycles. The standard InChI is InChI=1S/C14H22N4O3/c19-13(20)3-2-12-4-8-18(10-12)14(21)16-5-1-7-17-9-6-15-11-17/h6,9,11-12H,1-5,7-8,10H2,(H,16,21)(H,19,20). The van der Waals surface area contributed by atoms with E-state index in [1.165, 1.54) is 0 Å². The number of carbonyl (C=O) groups excluding carboxylic acids is 1. The lowest BCUT2D eigenvalue weighted by atomic mass is 10.0. The fourth-order valence-corrected chi connectivity index (χ4v) is 2.57. The monoisotopic (exact) mass is 294 g/mol. The average molecular weight is 294 g/mol. The Hall–Kier alpha value is -2.05. The number of likely N-dealkylation sites (tertiary alicyclic amines) is 1. The Bertz CT molecular complexity index is 461. The molecule has 116 valence electrons. The van der Waals surface area contributed by atoms with Crippen molar-refractivity contribution in [3.05, 3.63) is 18.7 Å². The minimum atomic E-state index is -0.766. The van der Waals surface area contributed by atoms with Crippen molar-refractivity contribution in [2.75, 3.05) is 19.6 Å². The van der Waals surface area contributed by atoms with Crippen LogP contribution >= 0.6 is 0 Å². The number of rotatable bonds is 7. The van der Waals surface area contributed by atoms with E-state index < -0.39 is 5.97 Å². The van der Waals surface area contributed by atoms with Crippen LogP contribution in [-0.2, 0) is 11.3 Å². The van der Waals surface area contributed by atoms with E-state index in [-0.39, 0.29) is 12.5 Å². The second kappa shape index (κ2) is 7.66. The Morgan fingerprint density at radius 3 is 3.00 bits per heavy atom. The number of aryl methyl sites for hydroxylation is 1. The summed E-state index contributed by atoms with van der Waals surface area (Å²) in [5, 5.41) is 11.6. The fourth-order valence-electron chi connectivity index (χ4n) is 2.57. The van der Waals surface area contributed by atoms with Gasteiger partial charge in [-0.05, 0) is 25.2 Å². The summed E-state index contributed by atoms with van der Waals surface area (Å²) >= 11 is 0. The highest BCUT2D eigenvalue weighted by atomic mass is 16.4. The van der Waals surface area contributed by atoms with Gasteiger partial charge < -0.3 is 19.9 Å². The predicted molar refractivity (Wildman–Crippen MR) is 76.8 cm³/mol. The molecule has 1 aliphatic rings. The highest BCUT2D eigenvalue weighted by Gasteiger charge is 2.26. The number of nitrogens with one attached hydrogen (secondary N) is 1. The first kappa shape index (κ1) is 15.3. The zero-order valence-electron chi connectivity index (χ0n) is 12.1. The summed E-state index contributed by atoms with van der Waals surface area (Å²) in [7, 11) is 0. The Morgan fingerprint density at radius 2 is 2.29 bits per heavy atom. The van der Waals surface area contributed by atoms with Crippen molar-refractivity contribution in [1.82, 2.24) is 19.8 Å². The van der Waals surface area contributed by atoms with Gasteiger partial charge in [0.25, 0.3) is 0 Å². The largest absolute Gasteiger partial charge is 0.481 e. The van der Waals surface area contributed by atoms with E-state index in [0.717, 1.165) is 25.9 Å². The quantitative estimate of drug-likeness (QED) is 0.739. The van der Waals surface area contributed by atoms with Crippen LogP contribution in [0, 0.1) is 5.92 Å². The van der Waals surface area contributed by atoms with E-state index in [2.05, 4.69) is 10.3 Å². The van der Waals surface area contributed by atoms with E-state index >= 15 is 0 Å². The molecule has 21 heavy (non-hydrogen) atoms. The van der Waals surface area contributed by atoms with Crippen molar-refractivity contribution in [3.8, 4) is 0 Å². The lowest BCUT2D eigenvalue weighted by molar-refractivity contribution is -0.137. The van der Waals surface area contributed by atoms with Crippen LogP contribution in [0.15, 0.2) is 18.7 Å². The first-order valence-electron chi connectivity index (χ1n) is 7.35. The molecule has 7 heteroatoms. The lowest BCUT2D eigenvalue weighted by Crippen LogP contribution is -2.39. The molecule has 1 aromatic rings. The fraction of sp³-hybridized carbons (Fsp3) is 0.643. The van der Waals surface area contributed by atoms with E-state index in [1.807, 2.05) is 10.8 Å². The van der Waals surface area contributed by atoms with Crippen LogP contribution < -0.4 is 5.32 Å². The predicted octanol–water partition coefficient (Wildman–Crippen LogP) is 1.17. The van der Waals surface area contributed by atoms with Crippen LogP contribution in [0.5, 0.6) is 0 Å². The maximum atomic E-state index is 12.0. The maximum Gasteiger partial charge on any atom is 0.317 e. The molecule has 0 radical (unpaired) electrons. The molecule has 7 nitrogen and oxygen atoms in total. The zero-order valence-corrected chi connectivity index (χ0v) is 12.1. The van der Waals surface area contributed by atoms with Crippen molar-refractivity contribution in [2.24, 2.45) is 5.92 Å². The van der Waals surface area contributed by atoms with Gasteiger partial charge in [-0.25, -0.2) is 9.78 Å². The van der Waals surface area contributed by atoms with Gasteiger partial charge in [-0.2, -0.15) is 0 Å². The third-order valence-corrected chi connectivity index (χ3v) is 3.77. The summed E-state index contributed by atoms with van der Waals surface area (Å²) in [5.74, 6) is -0.449. The van der Waals surface area contributed by atoms with Crippen LogP contribution in [0.3, 0.4) is 0 Å². The average Bonchev–Trinajstić information content (AvgIpc) is 3.12. The normalized spacial score (nSPS) is 17.9. The summed E-state index contributed by atoms with van der Waals surface area (Å²) in [4.78, 5) is 28.3. The highest BCUT2D eigenvalue weighted by Crippen LogP contribution is 2.20. The number of amides is 2. The van der Waals surface area contributed by atoms with Crippen LogP contribution in [0.25, 0.3) is 0 Å². The molecule has 0 aliphatic carbocycles. The molecule has 2 amide bonds. The molecule has 1 fully saturated rings. The number of aliphatic carboxylic acids is 1. The zero-order chi connectivity index (χ0) is 15.1. The molecule has 1 aromatic heterocycles. The van der Waals surface area contributed by atoms with Gasteiger partial charge in [0.05, 0.1) is 6.33 Å². The molecular weight excluding hydrogens is 272 g/mol. The summed E-state index contributed by atoms with van der Waals surface area (Å²) in [5.41, 5.74) is 0. The van der Waals surface area contributed by atoms with Crippen LogP contribution in [0.2, 0.25) is 0 Å². The maximum absolute atomic E-state index is 12.0. The van der Waals surface area contributed by atoms with Crippen LogP contribution in [-0.4, -0.2) is 51.2 Å². The van der Waals surface area contributed by atoms with Gasteiger partial charge in [-0.1, -0.05) is 0 Å². The van der Waals surface area contributed by atoms with E-state index in [0.29, 0.717) is 25.4 Å². The van der Waals surface area contributed by atoms with Crippen molar-refractivity contribution in [2.45, 2.75) is 32.2 Å². The van der Waals surface area contributed by atoms with Crippen molar-refractivity contribution in [3.63, 3.8) is 0 Å². The third-order valence-electron chi connectivity index (χ3n) is 3.77. The number of carbonyl (C=O) groups is 2. The number of hydrogen-bond acceptors (Lipinski definition) is 3. The molecule has 1 saturated heterocycles. The summed E-state index contributed by atoms with van der Waals surface area (Å²) in [6, 6.07) is -0.0431. The number of nitrogens with zero attached hydrogens (tertiary/aromatic N) is 3. The number of hydrogen-bond donors (Lipinski definition) is 2. The van der Waals surface area contributed by atoms with E-state index in [9.17, 15) is 9.59 Å². The summed E-state index contributed by atoms with van der Waals surface area (Å²) < 4.78 is 1.98. The minimum Gasteiger partial charge on any atom is -0.481 e. The van der Waals surface area contributed by atoms with Crippen molar-refractivity contribution >= 4 is 12.0 Å². The highest BCUT2D eigenvalue weighted by molar-refractivity contribution is 5.74. The molecule has 2 rings (SSSR count). The Morgan fingerprint density at radius 1 is 1.43 bits per heavy atom. The van der Waals surface area contributed by atoms with Crippen LogP contribution in [0.4, 0.5) is 4.79 Å². The van der Waals surface area contributed by atoms with Gasteiger partial charge in [0.2, 0.25) is 0 Å². The Kier molecular flexibility index (Phi) is 5.59. The first-order chi connectivity index (χ1) is 10.1. The molecule has 0 saturated carbocycles. The number of carboxylic acids is 1. The molecule has 0 aromatic carbocycles. The van der Waals surface area contributed by atoms with E-state index in [4.69, 9.17) is 5.11 Å². The number of aromatic nitrogens is 2. The van der Waals surface area contributed by atoms with Gasteiger partial charge in [0.15, 0.2) is 0 Å². The Balaban J connectivity index is 1.59. The topological polar surface area (TPSA) is 87.5 Å². The molecule has 0 spiro atoms. The van der Waals surface area contributed by atoms with Crippen LogP contribution in [0.1, 0.15) is 25.7 Å². The second-order valence-corrected chi connectivity index (χ2v) is 5.42. The molecule has 2 N–H and O–H groups in total. The molecule has 1 unspecified atom stereocenters. The van der Waals surface area contributed by atoms with Gasteiger partial charge in [0.1, 0.15) is 0 Å². The molecule has 1 aliphatic heterocycles. The molecule has 1 atom stereocenters. The lowest BCUT2D eigenvalue weighted by Gasteiger charge is -2.17. The summed E-state index contributed by atoms with van der Waals surface area (Å²) in [6.45, 7) is 2.85. The van der Waals surface area contributed by atoms with Gasteiger partial charge in [-0.3, -0.25) is 4.79 Å². The van der Waals surface area contributed by atoms with Crippen molar-refractivity contribution in [1.29, 1.82) is 0 Å². The van der Waals surface area contributed by atoms with Crippen molar-refractivity contribution < 1.29 is 14.7 Å². The van der Waals surface area contributed by atoms with Gasteiger partial charge in [-0.15, -0.1) is 0 Å². The number of imidazole rings is 1. The third kappa shape index (κ3) is 5.09. The second-order valence-electron chi connectivity index (χ2n) is 5.42. The number of carboxylic acid groups (broad SMARTS) is 1. The van der Waals surface area contributed by atoms with Gasteiger partial charge >= 0.3 is 12.0 Å². The molecule has 0 bridgehead atoms. The number of urea groups is 1. The van der Waals surface area contributed by atoms with Gasteiger partial charge in [0, 0.05) is 45.0 Å². The Labute approximate surface area is 124 Å².